The number of nitrogens with one attached hydrogen (secondary N) is 1. The molecule has 20 heavy (non-hydrogen) atoms. The first kappa shape index (κ1) is 14.2. The second-order valence-corrected chi connectivity index (χ2v) is 4.55. The highest BCUT2D eigenvalue weighted by atomic mass is 19.1. The first-order chi connectivity index (χ1) is 9.51. The van der Waals surface area contributed by atoms with E-state index >= 15 is 0 Å². The molecule has 0 fully saturated rings. The van der Waals surface area contributed by atoms with E-state index in [1.165, 1.54) is 36.4 Å². The highest BCUT2D eigenvalue weighted by Crippen LogP contribution is 2.22. The molecule has 1 amide bonds. The Morgan fingerprint density at radius 2 is 1.75 bits per heavy atom. The van der Waals surface area contributed by atoms with Crippen LogP contribution in [-0.4, -0.2) is 5.91 Å². The van der Waals surface area contributed by atoms with Crippen molar-refractivity contribution in [2.45, 2.75) is 20.3 Å². The van der Waals surface area contributed by atoms with Gasteiger partial charge in [-0.1, -0.05) is 6.92 Å². The molecule has 0 aliphatic rings. The van der Waals surface area contributed by atoms with Gasteiger partial charge in [-0.25, -0.2) is 8.78 Å². The monoisotopic (exact) mass is 275 g/mol. The van der Waals surface area contributed by atoms with E-state index in [4.69, 9.17) is 0 Å². The van der Waals surface area contributed by atoms with Crippen LogP contribution in [0.25, 0.3) is 0 Å². The zero-order valence-electron chi connectivity index (χ0n) is 11.3. The van der Waals surface area contributed by atoms with Gasteiger partial charge in [0.05, 0.1) is 0 Å². The molecule has 0 spiro atoms. The predicted molar refractivity (Wildman–Crippen MR) is 74.9 cm³/mol. The van der Waals surface area contributed by atoms with Crippen LogP contribution in [0.4, 0.5) is 14.5 Å². The number of halogens is 2. The number of carbonyl (C=O) groups is 1. The van der Waals surface area contributed by atoms with E-state index in [0.717, 1.165) is 11.1 Å². The lowest BCUT2D eigenvalue weighted by atomic mass is 10.0. The van der Waals surface area contributed by atoms with Crippen LogP contribution in [0, 0.1) is 18.6 Å². The van der Waals surface area contributed by atoms with Gasteiger partial charge in [0.1, 0.15) is 11.6 Å². The number of carbonyl (C=O) groups excluding carboxylic acids is 1. The van der Waals surface area contributed by atoms with Gasteiger partial charge in [-0.05, 0) is 60.9 Å². The van der Waals surface area contributed by atoms with Crippen molar-refractivity contribution in [3.8, 4) is 0 Å². The molecule has 2 rings (SSSR count). The number of hydrogen-bond acceptors (Lipinski definition) is 1. The molecule has 104 valence electrons. The Kier molecular flexibility index (Phi) is 4.13. The summed E-state index contributed by atoms with van der Waals surface area (Å²) in [5, 5.41) is 2.66. The zero-order chi connectivity index (χ0) is 14.7. The molecule has 0 saturated heterocycles. The van der Waals surface area contributed by atoms with Gasteiger partial charge in [0.25, 0.3) is 5.91 Å². The molecule has 2 aromatic rings. The lowest BCUT2D eigenvalue weighted by Crippen LogP contribution is -2.13. The predicted octanol–water partition coefficient (Wildman–Crippen LogP) is 4.09. The summed E-state index contributed by atoms with van der Waals surface area (Å²) in [6.45, 7) is 3.76. The van der Waals surface area contributed by atoms with E-state index in [-0.39, 0.29) is 11.7 Å². The summed E-state index contributed by atoms with van der Waals surface area (Å²) in [6, 6.07) is 7.95. The smallest absolute Gasteiger partial charge is 0.255 e. The van der Waals surface area contributed by atoms with Crippen LogP contribution in [0.5, 0.6) is 0 Å². The molecule has 0 heterocycles. The van der Waals surface area contributed by atoms with Crippen LogP contribution < -0.4 is 5.32 Å². The summed E-state index contributed by atoms with van der Waals surface area (Å²) in [5.74, 6) is -1.18. The Balaban J connectivity index is 2.28. The molecular weight excluding hydrogens is 260 g/mol. The van der Waals surface area contributed by atoms with Crippen molar-refractivity contribution in [1.82, 2.24) is 0 Å². The second kappa shape index (κ2) is 5.82. The Hall–Kier alpha value is -2.23. The molecule has 0 radical (unpaired) electrons. The third-order valence-electron chi connectivity index (χ3n) is 3.22. The van der Waals surface area contributed by atoms with Crippen molar-refractivity contribution in [2.24, 2.45) is 0 Å². The van der Waals surface area contributed by atoms with E-state index < -0.39 is 5.82 Å². The van der Waals surface area contributed by atoms with Gasteiger partial charge in [-0.15, -0.1) is 0 Å². The fourth-order valence-electron chi connectivity index (χ4n) is 2.03. The summed E-state index contributed by atoms with van der Waals surface area (Å²) in [7, 11) is 0. The molecule has 4 heteroatoms. The molecule has 0 unspecified atom stereocenters. The Morgan fingerprint density at radius 1 is 1.10 bits per heavy atom. The summed E-state index contributed by atoms with van der Waals surface area (Å²) in [4.78, 5) is 12.0. The minimum Gasteiger partial charge on any atom is -0.322 e. The molecule has 0 aliphatic heterocycles. The van der Waals surface area contributed by atoms with Crippen LogP contribution >= 0.6 is 0 Å². The van der Waals surface area contributed by atoms with Crippen molar-refractivity contribution in [3.63, 3.8) is 0 Å². The molecule has 1 N–H and O–H groups in total. The van der Waals surface area contributed by atoms with Crippen LogP contribution in [0.15, 0.2) is 36.4 Å². The topological polar surface area (TPSA) is 29.1 Å². The van der Waals surface area contributed by atoms with Crippen LogP contribution in [-0.2, 0) is 6.42 Å². The number of aryl methyl sites for hydroxylation is 1. The Bertz CT molecular complexity index is 636. The van der Waals surface area contributed by atoms with Gasteiger partial charge in [0.2, 0.25) is 0 Å². The number of rotatable bonds is 3. The highest BCUT2D eigenvalue weighted by Gasteiger charge is 2.11. The molecule has 2 nitrogen and oxygen atoms in total. The molecule has 0 atom stereocenters. The molecular formula is C16H15F2NO. The average molecular weight is 275 g/mol. The summed E-state index contributed by atoms with van der Waals surface area (Å²) in [6.07, 6.45) is 0.684. The number of amides is 1. The first-order valence-corrected chi connectivity index (χ1v) is 6.37. The van der Waals surface area contributed by atoms with E-state index in [2.05, 4.69) is 5.32 Å². The van der Waals surface area contributed by atoms with Gasteiger partial charge >= 0.3 is 0 Å². The number of anilines is 1. The quantitative estimate of drug-likeness (QED) is 0.898. The third kappa shape index (κ3) is 3.02. The Morgan fingerprint density at radius 3 is 2.35 bits per heavy atom. The molecule has 2 aromatic carbocycles. The van der Waals surface area contributed by atoms with Gasteiger partial charge in [-0.2, -0.15) is 0 Å². The highest BCUT2D eigenvalue weighted by molar-refractivity contribution is 6.04. The number of benzene rings is 2. The summed E-state index contributed by atoms with van der Waals surface area (Å²) >= 11 is 0. The fourth-order valence-corrected chi connectivity index (χ4v) is 2.03. The van der Waals surface area contributed by atoms with Crippen molar-refractivity contribution >= 4 is 11.6 Å². The molecule has 0 aromatic heterocycles. The van der Waals surface area contributed by atoms with Gasteiger partial charge < -0.3 is 5.32 Å². The van der Waals surface area contributed by atoms with Gasteiger partial charge in [0, 0.05) is 11.3 Å². The maximum Gasteiger partial charge on any atom is 0.255 e. The standard InChI is InChI=1S/C16H15F2NO/c1-3-11-8-14(18)9-15(10(11)2)19-16(20)12-4-6-13(17)7-5-12/h4-9H,3H2,1-2H3,(H,19,20). The minimum absolute atomic E-state index is 0.327. The SMILES string of the molecule is CCc1cc(F)cc(NC(=O)c2ccc(F)cc2)c1C. The molecule has 0 saturated carbocycles. The van der Waals surface area contributed by atoms with E-state index in [1.54, 1.807) is 0 Å². The van der Waals surface area contributed by atoms with Crippen molar-refractivity contribution in [2.75, 3.05) is 5.32 Å². The molecule has 0 bridgehead atoms. The summed E-state index contributed by atoms with van der Waals surface area (Å²) in [5.41, 5.74) is 2.45. The lowest BCUT2D eigenvalue weighted by molar-refractivity contribution is 0.102. The lowest BCUT2D eigenvalue weighted by Gasteiger charge is -2.12. The normalized spacial score (nSPS) is 10.4. The number of hydrogen-bond donors (Lipinski definition) is 1. The van der Waals surface area contributed by atoms with E-state index in [0.29, 0.717) is 17.7 Å². The molecule has 0 aliphatic carbocycles. The average Bonchev–Trinajstić information content (AvgIpc) is 2.43. The third-order valence-corrected chi connectivity index (χ3v) is 3.22. The Labute approximate surface area is 116 Å². The zero-order valence-corrected chi connectivity index (χ0v) is 11.3. The largest absolute Gasteiger partial charge is 0.322 e. The van der Waals surface area contributed by atoms with Crippen molar-refractivity contribution in [1.29, 1.82) is 0 Å². The van der Waals surface area contributed by atoms with E-state index in [9.17, 15) is 13.6 Å². The minimum atomic E-state index is -0.406. The van der Waals surface area contributed by atoms with E-state index in [1.807, 2.05) is 13.8 Å². The van der Waals surface area contributed by atoms with Crippen LogP contribution in [0.1, 0.15) is 28.4 Å². The van der Waals surface area contributed by atoms with Gasteiger partial charge in [-0.3, -0.25) is 4.79 Å². The second-order valence-electron chi connectivity index (χ2n) is 4.55. The summed E-state index contributed by atoms with van der Waals surface area (Å²) < 4.78 is 26.3. The maximum atomic E-state index is 13.5. The van der Waals surface area contributed by atoms with Crippen LogP contribution in [0.3, 0.4) is 0 Å². The van der Waals surface area contributed by atoms with Crippen LogP contribution in [0.2, 0.25) is 0 Å². The maximum absolute atomic E-state index is 13.5. The fraction of sp³-hybridized carbons (Fsp3) is 0.188. The van der Waals surface area contributed by atoms with Gasteiger partial charge in [0.15, 0.2) is 0 Å². The van der Waals surface area contributed by atoms with Crippen molar-refractivity contribution < 1.29 is 13.6 Å². The first-order valence-electron chi connectivity index (χ1n) is 6.37. The van der Waals surface area contributed by atoms with Crippen molar-refractivity contribution in [3.05, 3.63) is 64.7 Å².